The highest BCUT2D eigenvalue weighted by molar-refractivity contribution is 7.80. The minimum Gasteiger partial charge on any atom is -0.497 e. The average molecular weight is 487 g/mol. The number of hydrogen-bond donors (Lipinski definition) is 1. The SMILES string of the molecule is COc1ccc(OC)c(N2C(=S)NC(c3ccccn3)C2c2cccn2-c2ccccc2OC)c1. The molecule has 2 atom stereocenters. The molecule has 0 saturated carbocycles. The van der Waals surface area contributed by atoms with Gasteiger partial charge in [0.2, 0.25) is 0 Å². The first-order valence-electron chi connectivity index (χ1n) is 11.2. The summed E-state index contributed by atoms with van der Waals surface area (Å²) < 4.78 is 19.1. The van der Waals surface area contributed by atoms with Crippen LogP contribution in [-0.2, 0) is 0 Å². The molecule has 5 rings (SSSR count). The number of hydrogen-bond acceptors (Lipinski definition) is 5. The van der Waals surface area contributed by atoms with Crippen molar-refractivity contribution in [2.75, 3.05) is 26.2 Å². The smallest absolute Gasteiger partial charge is 0.174 e. The zero-order valence-electron chi connectivity index (χ0n) is 19.7. The van der Waals surface area contributed by atoms with Gasteiger partial charge in [0, 0.05) is 24.2 Å². The van der Waals surface area contributed by atoms with E-state index in [0.29, 0.717) is 16.6 Å². The number of aromatic nitrogens is 2. The summed E-state index contributed by atoms with van der Waals surface area (Å²) in [7, 11) is 4.98. The lowest BCUT2D eigenvalue weighted by Crippen LogP contribution is -2.30. The van der Waals surface area contributed by atoms with Gasteiger partial charge in [-0.15, -0.1) is 0 Å². The highest BCUT2D eigenvalue weighted by Gasteiger charge is 2.43. The lowest BCUT2D eigenvalue weighted by atomic mass is 10.0. The number of methoxy groups -OCH3 is 3. The maximum Gasteiger partial charge on any atom is 0.174 e. The van der Waals surface area contributed by atoms with E-state index in [2.05, 4.69) is 25.8 Å². The monoisotopic (exact) mass is 486 g/mol. The summed E-state index contributed by atoms with van der Waals surface area (Å²) in [6.07, 6.45) is 3.83. The Labute approximate surface area is 209 Å². The quantitative estimate of drug-likeness (QED) is 0.366. The molecule has 0 aliphatic carbocycles. The van der Waals surface area contributed by atoms with Crippen molar-refractivity contribution in [1.82, 2.24) is 14.9 Å². The third-order valence-electron chi connectivity index (χ3n) is 6.17. The van der Waals surface area contributed by atoms with Crippen molar-refractivity contribution in [1.29, 1.82) is 0 Å². The molecule has 1 aliphatic rings. The first-order valence-corrected chi connectivity index (χ1v) is 11.6. The van der Waals surface area contributed by atoms with Crippen LogP contribution in [0.1, 0.15) is 23.5 Å². The molecule has 1 N–H and O–H groups in total. The van der Waals surface area contributed by atoms with Gasteiger partial charge in [-0.3, -0.25) is 4.98 Å². The summed E-state index contributed by atoms with van der Waals surface area (Å²) in [5.41, 5.74) is 3.64. The Balaban J connectivity index is 1.72. The van der Waals surface area contributed by atoms with Gasteiger partial charge >= 0.3 is 0 Å². The molecule has 35 heavy (non-hydrogen) atoms. The number of nitrogens with zero attached hydrogens (tertiary/aromatic N) is 3. The average Bonchev–Trinajstić information content (AvgIpc) is 3.52. The fraction of sp³-hybridized carbons (Fsp3) is 0.185. The molecule has 178 valence electrons. The molecule has 1 aliphatic heterocycles. The predicted octanol–water partition coefficient (Wildman–Crippen LogP) is 5.08. The minimum absolute atomic E-state index is 0.206. The van der Waals surface area contributed by atoms with Gasteiger partial charge in [-0.05, 0) is 60.7 Å². The molecule has 8 heteroatoms. The van der Waals surface area contributed by atoms with Crippen LogP contribution in [0.2, 0.25) is 0 Å². The largest absolute Gasteiger partial charge is 0.497 e. The van der Waals surface area contributed by atoms with Gasteiger partial charge in [0.1, 0.15) is 23.3 Å². The number of rotatable bonds is 7. The van der Waals surface area contributed by atoms with Crippen LogP contribution in [0.3, 0.4) is 0 Å². The normalized spacial score (nSPS) is 17.2. The van der Waals surface area contributed by atoms with Crippen molar-refractivity contribution in [2.24, 2.45) is 0 Å². The second-order valence-electron chi connectivity index (χ2n) is 8.01. The van der Waals surface area contributed by atoms with Crippen LogP contribution < -0.4 is 24.4 Å². The van der Waals surface area contributed by atoms with Crippen LogP contribution in [0.5, 0.6) is 17.2 Å². The molecule has 0 radical (unpaired) electrons. The van der Waals surface area contributed by atoms with E-state index < -0.39 is 0 Å². The highest BCUT2D eigenvalue weighted by Crippen LogP contribution is 2.46. The summed E-state index contributed by atoms with van der Waals surface area (Å²) in [5, 5.41) is 4.08. The summed E-state index contributed by atoms with van der Waals surface area (Å²) in [4.78, 5) is 6.74. The van der Waals surface area contributed by atoms with Crippen molar-refractivity contribution < 1.29 is 14.2 Å². The molecule has 0 bridgehead atoms. The lowest BCUT2D eigenvalue weighted by Gasteiger charge is -2.30. The minimum atomic E-state index is -0.238. The second-order valence-corrected chi connectivity index (χ2v) is 8.40. The molecule has 7 nitrogen and oxygen atoms in total. The molecule has 2 aromatic carbocycles. The van der Waals surface area contributed by atoms with E-state index in [9.17, 15) is 0 Å². The molecule has 0 spiro atoms. The van der Waals surface area contributed by atoms with E-state index in [1.807, 2.05) is 72.9 Å². The molecule has 2 unspecified atom stereocenters. The molecule has 3 heterocycles. The number of benzene rings is 2. The van der Waals surface area contributed by atoms with Gasteiger partial charge in [-0.1, -0.05) is 18.2 Å². The lowest BCUT2D eigenvalue weighted by molar-refractivity contribution is 0.402. The Kier molecular flexibility index (Phi) is 6.29. The van der Waals surface area contributed by atoms with E-state index in [1.165, 1.54) is 0 Å². The molecular weight excluding hydrogens is 460 g/mol. The Morgan fingerprint density at radius 2 is 1.60 bits per heavy atom. The van der Waals surface area contributed by atoms with E-state index >= 15 is 0 Å². The molecular formula is C27H26N4O3S. The first kappa shape index (κ1) is 22.7. The highest BCUT2D eigenvalue weighted by atomic mass is 32.1. The van der Waals surface area contributed by atoms with Gasteiger partial charge in [0.15, 0.2) is 5.11 Å². The van der Waals surface area contributed by atoms with Gasteiger partial charge in [0.05, 0.1) is 44.4 Å². The predicted molar refractivity (Wildman–Crippen MR) is 140 cm³/mol. The van der Waals surface area contributed by atoms with Crippen molar-refractivity contribution in [3.8, 4) is 22.9 Å². The number of pyridine rings is 1. The van der Waals surface area contributed by atoms with Crippen LogP contribution in [0.4, 0.5) is 5.69 Å². The number of anilines is 1. The Bertz CT molecular complexity index is 1340. The Morgan fingerprint density at radius 3 is 2.34 bits per heavy atom. The Morgan fingerprint density at radius 1 is 0.829 bits per heavy atom. The molecule has 4 aromatic rings. The van der Waals surface area contributed by atoms with Crippen LogP contribution in [0.25, 0.3) is 5.69 Å². The van der Waals surface area contributed by atoms with Crippen molar-refractivity contribution in [2.45, 2.75) is 12.1 Å². The van der Waals surface area contributed by atoms with Gasteiger partial charge in [-0.2, -0.15) is 0 Å². The number of nitrogens with one attached hydrogen (secondary N) is 1. The fourth-order valence-corrected chi connectivity index (χ4v) is 4.92. The van der Waals surface area contributed by atoms with Gasteiger partial charge in [0.25, 0.3) is 0 Å². The third kappa shape index (κ3) is 4.06. The second kappa shape index (κ2) is 9.68. The van der Waals surface area contributed by atoms with Gasteiger partial charge < -0.3 is 29.0 Å². The third-order valence-corrected chi connectivity index (χ3v) is 6.49. The zero-order valence-corrected chi connectivity index (χ0v) is 20.5. The number of thiocarbonyl (C=S) groups is 1. The fourth-order valence-electron chi connectivity index (χ4n) is 4.58. The van der Waals surface area contributed by atoms with E-state index in [4.69, 9.17) is 26.4 Å². The number of ether oxygens (including phenoxy) is 3. The van der Waals surface area contributed by atoms with E-state index in [-0.39, 0.29) is 12.1 Å². The summed E-state index contributed by atoms with van der Waals surface area (Å²) in [5.74, 6) is 2.18. The summed E-state index contributed by atoms with van der Waals surface area (Å²) in [6.45, 7) is 0. The molecule has 1 fully saturated rings. The maximum absolute atomic E-state index is 5.90. The van der Waals surface area contributed by atoms with Crippen LogP contribution in [0, 0.1) is 0 Å². The van der Waals surface area contributed by atoms with Crippen LogP contribution in [0.15, 0.2) is 85.2 Å². The Hall–Kier alpha value is -4.04. The van der Waals surface area contributed by atoms with Gasteiger partial charge in [-0.25, -0.2) is 0 Å². The van der Waals surface area contributed by atoms with Crippen molar-refractivity contribution >= 4 is 23.0 Å². The van der Waals surface area contributed by atoms with E-state index in [1.54, 1.807) is 27.5 Å². The maximum atomic E-state index is 5.90. The zero-order chi connectivity index (χ0) is 24.4. The summed E-state index contributed by atoms with van der Waals surface area (Å²) >= 11 is 5.90. The first-order chi connectivity index (χ1) is 17.2. The standard InChI is InChI=1S/C27H26N4O3S/c1-32-18-13-14-24(34-3)22(17-18)31-26(25(29-27(31)35)19-9-6-7-15-28-19)21-11-8-16-30(21)20-10-4-5-12-23(20)33-2/h4-17,25-26H,1-3H3,(H,29,35). The summed E-state index contributed by atoms with van der Waals surface area (Å²) in [6, 6.07) is 23.2. The van der Waals surface area contributed by atoms with Crippen LogP contribution in [-0.4, -0.2) is 36.0 Å². The molecule has 1 saturated heterocycles. The number of para-hydroxylation sites is 2. The van der Waals surface area contributed by atoms with E-state index in [0.717, 1.165) is 28.5 Å². The molecule has 0 amide bonds. The molecule has 2 aromatic heterocycles. The van der Waals surface area contributed by atoms with Crippen molar-refractivity contribution in [3.63, 3.8) is 0 Å². The van der Waals surface area contributed by atoms with Crippen LogP contribution >= 0.6 is 12.2 Å². The van der Waals surface area contributed by atoms with Crippen molar-refractivity contribution in [3.05, 3.63) is 96.6 Å². The topological polar surface area (TPSA) is 60.8 Å².